The number of benzene rings is 2. The molecule has 1 aromatic heterocycles. The largest absolute Gasteiger partial charge is 0.445 e. The third-order valence-electron chi connectivity index (χ3n) is 5.23. The number of nitrogens with two attached hydrogens (primary N) is 1. The van der Waals surface area contributed by atoms with Gasteiger partial charge in [-0.05, 0) is 36.6 Å². The number of nitrogens with one attached hydrogen (secondary N) is 1. The zero-order chi connectivity index (χ0) is 20.4. The number of amides is 2. The Morgan fingerprint density at radius 3 is 2.69 bits per heavy atom. The van der Waals surface area contributed by atoms with Gasteiger partial charge in [-0.25, -0.2) is 4.79 Å². The molecule has 1 saturated heterocycles. The third-order valence-corrected chi connectivity index (χ3v) is 5.23. The summed E-state index contributed by atoms with van der Waals surface area (Å²) in [7, 11) is 0. The first kappa shape index (κ1) is 18.7. The SMILES string of the molecule is NC(=O)c1ccc2[nH]cc(C(=O)[C@@H]3CCCN3C(=O)OCc3ccccc3)c2c1. The molecule has 7 heteroatoms. The second kappa shape index (κ2) is 7.79. The zero-order valence-corrected chi connectivity index (χ0v) is 15.8. The Balaban J connectivity index is 1.53. The van der Waals surface area contributed by atoms with Gasteiger partial charge < -0.3 is 15.5 Å². The lowest BCUT2D eigenvalue weighted by Gasteiger charge is -2.23. The Labute approximate surface area is 167 Å². The van der Waals surface area contributed by atoms with Crippen molar-refractivity contribution in [2.75, 3.05) is 6.54 Å². The summed E-state index contributed by atoms with van der Waals surface area (Å²) in [6.07, 6.45) is 2.42. The lowest BCUT2D eigenvalue weighted by molar-refractivity contribution is 0.0739. The quantitative estimate of drug-likeness (QED) is 0.651. The molecule has 0 unspecified atom stereocenters. The van der Waals surface area contributed by atoms with Gasteiger partial charge in [0.2, 0.25) is 5.91 Å². The van der Waals surface area contributed by atoms with Crippen LogP contribution in [0.4, 0.5) is 4.79 Å². The number of ether oxygens (including phenoxy) is 1. The van der Waals surface area contributed by atoms with Crippen LogP contribution in [0.3, 0.4) is 0 Å². The highest BCUT2D eigenvalue weighted by Crippen LogP contribution is 2.27. The predicted molar refractivity (Wildman–Crippen MR) is 108 cm³/mol. The number of ketones is 1. The van der Waals surface area contributed by atoms with E-state index in [0.717, 1.165) is 17.5 Å². The first-order valence-electron chi connectivity index (χ1n) is 9.47. The van der Waals surface area contributed by atoms with Crippen molar-refractivity contribution in [3.63, 3.8) is 0 Å². The molecular weight excluding hydrogens is 370 g/mol. The fraction of sp³-hybridized carbons (Fsp3) is 0.227. The molecule has 0 radical (unpaired) electrons. The van der Waals surface area contributed by atoms with Gasteiger partial charge in [0, 0.05) is 34.8 Å². The first-order chi connectivity index (χ1) is 14.0. The van der Waals surface area contributed by atoms with E-state index in [1.807, 2.05) is 30.3 Å². The number of H-pyrrole nitrogens is 1. The number of aromatic amines is 1. The number of carbonyl (C=O) groups is 3. The smallest absolute Gasteiger partial charge is 0.410 e. The summed E-state index contributed by atoms with van der Waals surface area (Å²) in [6, 6.07) is 13.7. The second-order valence-corrected chi connectivity index (χ2v) is 7.08. The van der Waals surface area contributed by atoms with Crippen LogP contribution in [0, 0.1) is 0 Å². The number of hydrogen-bond acceptors (Lipinski definition) is 4. The first-order valence-corrected chi connectivity index (χ1v) is 9.47. The molecule has 2 aromatic carbocycles. The zero-order valence-electron chi connectivity index (χ0n) is 15.8. The summed E-state index contributed by atoms with van der Waals surface area (Å²) in [4.78, 5) is 41.8. The van der Waals surface area contributed by atoms with Crippen LogP contribution in [-0.2, 0) is 11.3 Å². The van der Waals surface area contributed by atoms with E-state index in [1.54, 1.807) is 24.4 Å². The van der Waals surface area contributed by atoms with Gasteiger partial charge in [0.1, 0.15) is 6.61 Å². The minimum absolute atomic E-state index is 0.159. The Morgan fingerprint density at radius 2 is 1.93 bits per heavy atom. The van der Waals surface area contributed by atoms with Crippen molar-refractivity contribution in [1.82, 2.24) is 9.88 Å². The fourth-order valence-corrected chi connectivity index (χ4v) is 3.72. The molecule has 3 aromatic rings. The van der Waals surface area contributed by atoms with Crippen molar-refractivity contribution < 1.29 is 19.1 Å². The molecule has 1 fully saturated rings. The van der Waals surface area contributed by atoms with Gasteiger partial charge in [0.05, 0.1) is 6.04 Å². The van der Waals surface area contributed by atoms with E-state index in [-0.39, 0.29) is 12.4 Å². The molecule has 4 rings (SSSR count). The van der Waals surface area contributed by atoms with Gasteiger partial charge in [-0.2, -0.15) is 0 Å². The molecule has 0 bridgehead atoms. The number of carbonyl (C=O) groups excluding carboxylic acids is 3. The second-order valence-electron chi connectivity index (χ2n) is 7.08. The highest BCUT2D eigenvalue weighted by Gasteiger charge is 2.36. The van der Waals surface area contributed by atoms with E-state index < -0.39 is 18.0 Å². The normalized spacial score (nSPS) is 16.1. The van der Waals surface area contributed by atoms with Crippen molar-refractivity contribution in [2.24, 2.45) is 5.73 Å². The van der Waals surface area contributed by atoms with Crippen molar-refractivity contribution in [3.05, 3.63) is 71.4 Å². The molecule has 2 heterocycles. The fourth-order valence-electron chi connectivity index (χ4n) is 3.72. The number of rotatable bonds is 5. The molecule has 29 heavy (non-hydrogen) atoms. The summed E-state index contributed by atoms with van der Waals surface area (Å²) >= 11 is 0. The minimum Gasteiger partial charge on any atom is -0.445 e. The minimum atomic E-state index is -0.588. The Hall–Kier alpha value is -3.61. The molecule has 7 nitrogen and oxygen atoms in total. The third kappa shape index (κ3) is 3.71. The number of primary amides is 1. The van der Waals surface area contributed by atoms with Crippen LogP contribution in [0.2, 0.25) is 0 Å². The summed E-state index contributed by atoms with van der Waals surface area (Å²) in [5, 5.41) is 0.621. The average molecular weight is 391 g/mol. The molecule has 0 saturated carbocycles. The van der Waals surface area contributed by atoms with E-state index >= 15 is 0 Å². The highest BCUT2D eigenvalue weighted by molar-refractivity contribution is 6.12. The number of Topliss-reactive ketones (excluding diaryl/α,β-unsaturated/α-hetero) is 1. The van der Waals surface area contributed by atoms with Crippen LogP contribution in [0.25, 0.3) is 10.9 Å². The van der Waals surface area contributed by atoms with Crippen molar-refractivity contribution in [2.45, 2.75) is 25.5 Å². The van der Waals surface area contributed by atoms with Crippen LogP contribution < -0.4 is 5.73 Å². The Bertz CT molecular complexity index is 1070. The van der Waals surface area contributed by atoms with Crippen LogP contribution >= 0.6 is 0 Å². The molecule has 3 N–H and O–H groups in total. The van der Waals surface area contributed by atoms with Crippen molar-refractivity contribution >= 4 is 28.7 Å². The van der Waals surface area contributed by atoms with Gasteiger partial charge in [-0.3, -0.25) is 14.5 Å². The molecule has 1 atom stereocenters. The van der Waals surface area contributed by atoms with E-state index in [1.165, 1.54) is 4.90 Å². The van der Waals surface area contributed by atoms with Gasteiger partial charge >= 0.3 is 6.09 Å². The summed E-state index contributed by atoms with van der Waals surface area (Å²) < 4.78 is 5.41. The van der Waals surface area contributed by atoms with Gasteiger partial charge in [0.15, 0.2) is 5.78 Å². The van der Waals surface area contributed by atoms with Gasteiger partial charge in [-0.15, -0.1) is 0 Å². The van der Waals surface area contributed by atoms with Crippen LogP contribution in [0.15, 0.2) is 54.7 Å². The van der Waals surface area contributed by atoms with Gasteiger partial charge in [0.25, 0.3) is 0 Å². The Morgan fingerprint density at radius 1 is 1.14 bits per heavy atom. The maximum absolute atomic E-state index is 13.2. The number of likely N-dealkylation sites (tertiary alicyclic amines) is 1. The molecule has 1 aliphatic heterocycles. The van der Waals surface area contributed by atoms with Crippen molar-refractivity contribution in [3.8, 4) is 0 Å². The van der Waals surface area contributed by atoms with Crippen LogP contribution in [0.5, 0.6) is 0 Å². The molecular formula is C22H21N3O4. The van der Waals surface area contributed by atoms with E-state index in [4.69, 9.17) is 10.5 Å². The van der Waals surface area contributed by atoms with Crippen LogP contribution in [0.1, 0.15) is 39.1 Å². The van der Waals surface area contributed by atoms with Crippen LogP contribution in [-0.4, -0.2) is 40.3 Å². The summed E-state index contributed by atoms with van der Waals surface area (Å²) in [5.74, 6) is -0.731. The molecule has 1 aliphatic rings. The van der Waals surface area contributed by atoms with E-state index in [0.29, 0.717) is 29.5 Å². The Kier molecular flexibility index (Phi) is 5.03. The lowest BCUT2D eigenvalue weighted by atomic mass is 10.0. The maximum Gasteiger partial charge on any atom is 0.410 e. The van der Waals surface area contributed by atoms with Gasteiger partial charge in [-0.1, -0.05) is 30.3 Å². The number of hydrogen-bond donors (Lipinski definition) is 2. The van der Waals surface area contributed by atoms with E-state index in [9.17, 15) is 14.4 Å². The molecule has 0 spiro atoms. The summed E-state index contributed by atoms with van der Waals surface area (Å²) in [6.45, 7) is 0.630. The lowest BCUT2D eigenvalue weighted by Crippen LogP contribution is -2.40. The number of nitrogens with zero attached hydrogens (tertiary/aromatic N) is 1. The highest BCUT2D eigenvalue weighted by atomic mass is 16.6. The van der Waals surface area contributed by atoms with E-state index in [2.05, 4.69) is 4.98 Å². The average Bonchev–Trinajstić information content (AvgIpc) is 3.39. The topological polar surface area (TPSA) is 105 Å². The molecule has 148 valence electrons. The standard InChI is InChI=1S/C22H21N3O4/c23-21(27)15-8-9-18-16(11-15)17(12-24-18)20(26)19-7-4-10-25(19)22(28)29-13-14-5-2-1-3-6-14/h1-3,5-6,8-9,11-12,19,24H,4,7,10,13H2,(H2,23,27)/t19-/m0/s1. The predicted octanol–water partition coefficient (Wildman–Crippen LogP) is 3.25. The monoisotopic (exact) mass is 391 g/mol. The molecule has 2 amide bonds. The number of aromatic nitrogens is 1. The molecule has 0 aliphatic carbocycles. The maximum atomic E-state index is 13.2. The number of fused-ring (bicyclic) bond motifs is 1. The summed E-state index contributed by atoms with van der Waals surface area (Å²) in [5.41, 5.74) is 7.75. The van der Waals surface area contributed by atoms with Crippen molar-refractivity contribution in [1.29, 1.82) is 0 Å².